The molecule has 3 aromatic rings. The molecule has 0 N–H and O–H groups in total. The molecule has 0 aliphatic rings. The summed E-state index contributed by atoms with van der Waals surface area (Å²) in [5.41, 5.74) is 4.71. The van der Waals surface area contributed by atoms with Gasteiger partial charge in [0.1, 0.15) is 0 Å². The highest BCUT2D eigenvalue weighted by molar-refractivity contribution is 6.26. The van der Waals surface area contributed by atoms with E-state index in [-0.39, 0.29) is 12.4 Å². The third-order valence-corrected chi connectivity index (χ3v) is 5.06. The molecule has 0 saturated heterocycles. The van der Waals surface area contributed by atoms with Gasteiger partial charge in [0.15, 0.2) is 0 Å². The zero-order valence-corrected chi connectivity index (χ0v) is 15.9. The first kappa shape index (κ1) is 18.9. The molecule has 0 radical (unpaired) electrons. The van der Waals surface area contributed by atoms with Gasteiger partial charge in [-0.2, -0.15) is 0 Å². The molecule has 2 nitrogen and oxygen atoms in total. The second-order valence-corrected chi connectivity index (χ2v) is 6.45. The smallest absolute Gasteiger partial charge is 0.309 e. The zero-order chi connectivity index (χ0) is 19.1. The number of ether oxygens (including phenoxy) is 1. The van der Waals surface area contributed by atoms with Gasteiger partial charge < -0.3 is 4.74 Å². The van der Waals surface area contributed by atoms with Gasteiger partial charge in [0.05, 0.1) is 18.9 Å². The number of carbonyl (C=O) groups excluding carboxylic acids is 1. The molecule has 0 aromatic heterocycles. The lowest BCUT2D eigenvalue weighted by Crippen LogP contribution is -2.33. The second-order valence-electron chi connectivity index (χ2n) is 6.24. The van der Waals surface area contributed by atoms with E-state index in [4.69, 9.17) is 16.3 Å². The molecule has 0 unspecified atom stereocenters. The van der Waals surface area contributed by atoms with Crippen LogP contribution >= 0.6 is 11.6 Å². The van der Waals surface area contributed by atoms with Crippen LogP contribution in [0, 0.1) is 0 Å². The SMILES string of the molecule is COC(=O)CC(=CCl)C(c1ccccc1)(c1ccccc1)c1ccccc1. The van der Waals surface area contributed by atoms with Gasteiger partial charge in [-0.25, -0.2) is 0 Å². The highest BCUT2D eigenvalue weighted by Gasteiger charge is 2.40. The lowest BCUT2D eigenvalue weighted by molar-refractivity contribution is -0.139. The number of benzene rings is 3. The van der Waals surface area contributed by atoms with Crippen LogP contribution in [0.25, 0.3) is 0 Å². The molecule has 3 rings (SSSR count). The molecule has 3 heteroatoms. The number of methoxy groups -OCH3 is 1. The van der Waals surface area contributed by atoms with E-state index in [9.17, 15) is 4.79 Å². The molecule has 27 heavy (non-hydrogen) atoms. The molecular formula is C24H21ClO2. The third-order valence-electron chi connectivity index (χ3n) is 4.80. The lowest BCUT2D eigenvalue weighted by Gasteiger charge is -2.38. The van der Waals surface area contributed by atoms with E-state index >= 15 is 0 Å². The zero-order valence-electron chi connectivity index (χ0n) is 15.1. The Labute approximate surface area is 165 Å². The first-order valence-electron chi connectivity index (χ1n) is 8.76. The van der Waals surface area contributed by atoms with Gasteiger partial charge in [-0.1, -0.05) is 103 Å². The summed E-state index contributed by atoms with van der Waals surface area (Å²) in [6, 6.07) is 30.3. The molecule has 0 saturated carbocycles. The summed E-state index contributed by atoms with van der Waals surface area (Å²) in [5.74, 6) is -0.325. The van der Waals surface area contributed by atoms with Crippen molar-refractivity contribution in [2.24, 2.45) is 0 Å². The van der Waals surface area contributed by atoms with Crippen molar-refractivity contribution >= 4 is 17.6 Å². The Kier molecular flexibility index (Phi) is 6.10. The van der Waals surface area contributed by atoms with Gasteiger partial charge in [0.2, 0.25) is 0 Å². The molecule has 0 heterocycles. The van der Waals surface area contributed by atoms with Gasteiger partial charge in [-0.05, 0) is 22.3 Å². The van der Waals surface area contributed by atoms with Crippen molar-refractivity contribution in [3.63, 3.8) is 0 Å². The molecule has 0 fully saturated rings. The molecule has 0 spiro atoms. The standard InChI is InChI=1S/C24H21ClO2/c1-27-23(26)17-22(18-25)24(19-11-5-2-6-12-19,20-13-7-3-8-14-20)21-15-9-4-10-16-21/h2-16,18H,17H2,1H3. The number of hydrogen-bond donors (Lipinski definition) is 0. The summed E-state index contributed by atoms with van der Waals surface area (Å²) in [6.45, 7) is 0. The van der Waals surface area contributed by atoms with Crippen LogP contribution < -0.4 is 0 Å². The molecule has 0 bridgehead atoms. The number of halogens is 1. The average Bonchev–Trinajstić information content (AvgIpc) is 2.75. The summed E-state index contributed by atoms with van der Waals surface area (Å²) < 4.78 is 4.95. The molecule has 136 valence electrons. The van der Waals surface area contributed by atoms with Gasteiger partial charge in [-0.15, -0.1) is 0 Å². The molecule has 0 aliphatic carbocycles. The van der Waals surface area contributed by atoms with E-state index in [1.165, 1.54) is 12.6 Å². The fraction of sp³-hybridized carbons (Fsp3) is 0.125. The maximum Gasteiger partial charge on any atom is 0.309 e. The van der Waals surface area contributed by atoms with Gasteiger partial charge in [0.25, 0.3) is 0 Å². The summed E-state index contributed by atoms with van der Waals surface area (Å²) in [6.07, 6.45) is 0.0959. The van der Waals surface area contributed by atoms with Gasteiger partial charge in [0, 0.05) is 5.54 Å². The number of hydrogen-bond acceptors (Lipinski definition) is 2. The van der Waals surface area contributed by atoms with Crippen LogP contribution in [0.2, 0.25) is 0 Å². The van der Waals surface area contributed by atoms with Crippen molar-refractivity contribution in [3.05, 3.63) is 119 Å². The second kappa shape index (κ2) is 8.70. The summed E-state index contributed by atoms with van der Waals surface area (Å²) >= 11 is 6.33. The maximum atomic E-state index is 12.2. The van der Waals surface area contributed by atoms with E-state index in [1.807, 2.05) is 54.6 Å². The van der Waals surface area contributed by atoms with Crippen LogP contribution in [0.3, 0.4) is 0 Å². The average molecular weight is 377 g/mol. The first-order valence-corrected chi connectivity index (χ1v) is 9.20. The highest BCUT2D eigenvalue weighted by atomic mass is 35.5. The van der Waals surface area contributed by atoms with E-state index in [0.717, 1.165) is 22.3 Å². The highest BCUT2D eigenvalue weighted by Crippen LogP contribution is 2.46. The quantitative estimate of drug-likeness (QED) is 0.407. The van der Waals surface area contributed by atoms with Crippen LogP contribution in [0.15, 0.2) is 102 Å². The third kappa shape index (κ3) is 3.67. The van der Waals surface area contributed by atoms with E-state index < -0.39 is 5.41 Å². The summed E-state index contributed by atoms with van der Waals surface area (Å²) in [4.78, 5) is 12.2. The fourth-order valence-corrected chi connectivity index (χ4v) is 3.84. The Hall–Kier alpha value is -2.84. The molecule has 0 amide bonds. The Balaban J connectivity index is 2.37. The summed E-state index contributed by atoms with van der Waals surface area (Å²) in [7, 11) is 1.39. The van der Waals surface area contributed by atoms with Crippen LogP contribution in [0.1, 0.15) is 23.1 Å². The van der Waals surface area contributed by atoms with Crippen molar-refractivity contribution in [2.75, 3.05) is 7.11 Å². The van der Waals surface area contributed by atoms with Crippen molar-refractivity contribution < 1.29 is 9.53 Å². The number of rotatable bonds is 6. The molecule has 3 aromatic carbocycles. The minimum atomic E-state index is -0.695. The van der Waals surface area contributed by atoms with Gasteiger partial charge in [-0.3, -0.25) is 4.79 Å². The molecular weight excluding hydrogens is 356 g/mol. The molecule has 0 aliphatic heterocycles. The normalized spacial score (nSPS) is 11.9. The predicted octanol–water partition coefficient (Wildman–Crippen LogP) is 5.71. The topological polar surface area (TPSA) is 26.3 Å². The van der Waals surface area contributed by atoms with Crippen molar-refractivity contribution in [3.8, 4) is 0 Å². The monoisotopic (exact) mass is 376 g/mol. The van der Waals surface area contributed by atoms with E-state index in [0.29, 0.717) is 0 Å². The number of esters is 1. The first-order chi connectivity index (χ1) is 13.2. The van der Waals surface area contributed by atoms with E-state index in [2.05, 4.69) is 36.4 Å². The Bertz CT molecular complexity index is 806. The van der Waals surface area contributed by atoms with Crippen LogP contribution in [0.5, 0.6) is 0 Å². The fourth-order valence-electron chi connectivity index (χ4n) is 3.60. The van der Waals surface area contributed by atoms with Gasteiger partial charge >= 0.3 is 5.97 Å². The van der Waals surface area contributed by atoms with Crippen LogP contribution in [-0.4, -0.2) is 13.1 Å². The van der Waals surface area contributed by atoms with Crippen molar-refractivity contribution in [1.29, 1.82) is 0 Å². The Morgan fingerprint density at radius 2 is 1.19 bits per heavy atom. The van der Waals surface area contributed by atoms with Crippen molar-refractivity contribution in [1.82, 2.24) is 0 Å². The molecule has 0 atom stereocenters. The predicted molar refractivity (Wildman–Crippen MR) is 110 cm³/mol. The number of carbonyl (C=O) groups is 1. The minimum Gasteiger partial charge on any atom is -0.469 e. The Morgan fingerprint density at radius 3 is 1.48 bits per heavy atom. The van der Waals surface area contributed by atoms with Crippen molar-refractivity contribution in [2.45, 2.75) is 11.8 Å². The van der Waals surface area contributed by atoms with Crippen LogP contribution in [0.4, 0.5) is 0 Å². The maximum absolute atomic E-state index is 12.2. The minimum absolute atomic E-state index is 0.0959. The Morgan fingerprint density at radius 1 is 0.815 bits per heavy atom. The van der Waals surface area contributed by atoms with E-state index in [1.54, 1.807) is 0 Å². The largest absolute Gasteiger partial charge is 0.469 e. The summed E-state index contributed by atoms with van der Waals surface area (Å²) in [5, 5.41) is 0. The van der Waals surface area contributed by atoms with Crippen LogP contribution in [-0.2, 0) is 14.9 Å². The lowest BCUT2D eigenvalue weighted by atomic mass is 9.64.